The van der Waals surface area contributed by atoms with E-state index in [1.807, 2.05) is 23.5 Å². The van der Waals surface area contributed by atoms with E-state index in [2.05, 4.69) is 6.92 Å². The van der Waals surface area contributed by atoms with Crippen LogP contribution in [0.5, 0.6) is 0 Å². The maximum atomic E-state index is 6.13. The van der Waals surface area contributed by atoms with Gasteiger partial charge in [-0.05, 0) is 37.3 Å². The second-order valence-corrected chi connectivity index (χ2v) is 6.32. The number of aromatic nitrogens is 1. The zero-order valence-corrected chi connectivity index (χ0v) is 11.4. The Kier molecular flexibility index (Phi) is 3.22. The third-order valence-electron chi connectivity index (χ3n) is 3.53. The van der Waals surface area contributed by atoms with Gasteiger partial charge in [0.05, 0.1) is 23.0 Å². The summed E-state index contributed by atoms with van der Waals surface area (Å²) >= 11 is 1.83. The molecule has 2 aromatic rings. The summed E-state index contributed by atoms with van der Waals surface area (Å²) in [6.45, 7) is 2.32. The number of thiazole rings is 1. The highest BCUT2D eigenvalue weighted by atomic mass is 32.1. The number of nitrogens with zero attached hydrogens (tertiary/aromatic N) is 1. The number of nitrogens with two attached hydrogens (primary N) is 1. The van der Waals surface area contributed by atoms with Crippen molar-refractivity contribution in [1.82, 2.24) is 4.98 Å². The Morgan fingerprint density at radius 3 is 3.28 bits per heavy atom. The Bertz CT molecular complexity index is 518. The molecule has 0 saturated carbocycles. The van der Waals surface area contributed by atoms with Crippen LogP contribution >= 0.6 is 11.3 Å². The van der Waals surface area contributed by atoms with Gasteiger partial charge in [0.1, 0.15) is 5.76 Å². The van der Waals surface area contributed by atoms with Crippen molar-refractivity contribution >= 4 is 11.3 Å². The predicted molar refractivity (Wildman–Crippen MR) is 72.6 cm³/mol. The molecule has 2 atom stereocenters. The number of fused-ring (bicyclic) bond motifs is 1. The van der Waals surface area contributed by atoms with E-state index in [0.29, 0.717) is 0 Å². The highest BCUT2D eigenvalue weighted by molar-refractivity contribution is 7.11. The van der Waals surface area contributed by atoms with Gasteiger partial charge in [0.25, 0.3) is 0 Å². The zero-order chi connectivity index (χ0) is 12.5. The van der Waals surface area contributed by atoms with Crippen LogP contribution in [0.1, 0.15) is 40.7 Å². The van der Waals surface area contributed by atoms with Gasteiger partial charge < -0.3 is 10.2 Å². The molecule has 0 aromatic carbocycles. The van der Waals surface area contributed by atoms with Crippen molar-refractivity contribution in [2.45, 2.75) is 38.6 Å². The Balaban J connectivity index is 1.74. The molecular weight excluding hydrogens is 244 g/mol. The summed E-state index contributed by atoms with van der Waals surface area (Å²) in [5, 5.41) is 1.15. The molecule has 1 aliphatic rings. The van der Waals surface area contributed by atoms with Crippen molar-refractivity contribution in [2.24, 2.45) is 11.7 Å². The molecule has 0 aliphatic heterocycles. The third-order valence-corrected chi connectivity index (χ3v) is 4.68. The molecule has 4 heteroatoms. The molecule has 3 rings (SSSR count). The summed E-state index contributed by atoms with van der Waals surface area (Å²) in [5.74, 6) is 1.64. The molecule has 0 spiro atoms. The van der Waals surface area contributed by atoms with E-state index in [9.17, 15) is 0 Å². The lowest BCUT2D eigenvalue weighted by Crippen LogP contribution is -2.12. The Hall–Kier alpha value is -1.13. The number of rotatable bonds is 3. The number of hydrogen-bond acceptors (Lipinski definition) is 4. The van der Waals surface area contributed by atoms with Crippen molar-refractivity contribution in [3.05, 3.63) is 39.7 Å². The molecule has 1 aliphatic carbocycles. The summed E-state index contributed by atoms with van der Waals surface area (Å²) in [6, 6.07) is 3.73. The van der Waals surface area contributed by atoms with E-state index in [-0.39, 0.29) is 6.04 Å². The number of aryl methyl sites for hydroxylation is 1. The van der Waals surface area contributed by atoms with Gasteiger partial charge in [-0.1, -0.05) is 6.92 Å². The maximum Gasteiger partial charge on any atom is 0.120 e. The largest absolute Gasteiger partial charge is 0.468 e. The number of hydrogen-bond donors (Lipinski definition) is 1. The second kappa shape index (κ2) is 4.86. The lowest BCUT2D eigenvalue weighted by atomic mass is 9.93. The first-order chi connectivity index (χ1) is 8.72. The van der Waals surface area contributed by atoms with Gasteiger partial charge in [0.2, 0.25) is 0 Å². The van der Waals surface area contributed by atoms with Crippen molar-refractivity contribution in [3.63, 3.8) is 0 Å². The van der Waals surface area contributed by atoms with Gasteiger partial charge in [0.15, 0.2) is 0 Å². The topological polar surface area (TPSA) is 52.0 Å². The van der Waals surface area contributed by atoms with Crippen molar-refractivity contribution < 1.29 is 4.42 Å². The lowest BCUT2D eigenvalue weighted by Gasteiger charge is -2.15. The molecular formula is C14H18N2OS. The maximum absolute atomic E-state index is 6.13. The van der Waals surface area contributed by atoms with Gasteiger partial charge in [-0.3, -0.25) is 0 Å². The zero-order valence-electron chi connectivity index (χ0n) is 10.6. The predicted octanol–water partition coefficient (Wildman–Crippen LogP) is 3.10. The van der Waals surface area contributed by atoms with Crippen LogP contribution in [0.15, 0.2) is 22.8 Å². The average Bonchev–Trinajstić information content (AvgIpc) is 2.95. The van der Waals surface area contributed by atoms with Crippen LogP contribution in [0.25, 0.3) is 0 Å². The molecule has 0 bridgehead atoms. The highest BCUT2D eigenvalue weighted by Crippen LogP contribution is 2.31. The molecule has 0 amide bonds. The molecule has 2 N–H and O–H groups in total. The van der Waals surface area contributed by atoms with Crippen LogP contribution in [0, 0.1) is 5.92 Å². The second-order valence-electron chi connectivity index (χ2n) is 5.15. The van der Waals surface area contributed by atoms with Crippen LogP contribution in [0.4, 0.5) is 0 Å². The van der Waals surface area contributed by atoms with Gasteiger partial charge in [0, 0.05) is 11.3 Å². The van der Waals surface area contributed by atoms with E-state index in [1.54, 1.807) is 6.26 Å². The van der Waals surface area contributed by atoms with E-state index in [4.69, 9.17) is 15.1 Å². The van der Waals surface area contributed by atoms with Gasteiger partial charge in [-0.15, -0.1) is 11.3 Å². The fraction of sp³-hybridized carbons (Fsp3) is 0.500. The number of furan rings is 1. The van der Waals surface area contributed by atoms with Gasteiger partial charge >= 0.3 is 0 Å². The van der Waals surface area contributed by atoms with E-state index < -0.39 is 0 Å². The van der Waals surface area contributed by atoms with E-state index in [0.717, 1.165) is 29.5 Å². The first-order valence-corrected chi connectivity index (χ1v) is 7.30. The first-order valence-electron chi connectivity index (χ1n) is 6.49. The molecule has 2 heterocycles. The van der Waals surface area contributed by atoms with E-state index in [1.165, 1.54) is 23.4 Å². The quantitative estimate of drug-likeness (QED) is 0.924. The van der Waals surface area contributed by atoms with Crippen molar-refractivity contribution in [3.8, 4) is 0 Å². The lowest BCUT2D eigenvalue weighted by molar-refractivity contribution is 0.464. The van der Waals surface area contributed by atoms with Crippen LogP contribution < -0.4 is 5.73 Å². The van der Waals surface area contributed by atoms with Crippen LogP contribution in [0.3, 0.4) is 0 Å². The first kappa shape index (κ1) is 11.9. The fourth-order valence-electron chi connectivity index (χ4n) is 2.47. The molecule has 0 radical (unpaired) electrons. The summed E-state index contributed by atoms with van der Waals surface area (Å²) in [7, 11) is 0. The van der Waals surface area contributed by atoms with Crippen molar-refractivity contribution in [2.75, 3.05) is 0 Å². The van der Waals surface area contributed by atoms with Crippen LogP contribution in [0.2, 0.25) is 0 Å². The Morgan fingerprint density at radius 1 is 1.61 bits per heavy atom. The standard InChI is InChI=1S/C14H18N2OS/c1-9-4-5-11-13(7-9)18-14(16-11)8-10(15)12-3-2-6-17-12/h2-3,6,9-10H,4-5,7-8,15H2,1H3. The van der Waals surface area contributed by atoms with E-state index >= 15 is 0 Å². The normalized spacial score (nSPS) is 20.7. The van der Waals surface area contributed by atoms with Crippen molar-refractivity contribution in [1.29, 1.82) is 0 Å². The summed E-state index contributed by atoms with van der Waals surface area (Å²) in [6.07, 6.45) is 6.02. The molecule has 2 unspecified atom stereocenters. The minimum Gasteiger partial charge on any atom is -0.468 e. The van der Waals surface area contributed by atoms with Gasteiger partial charge in [-0.25, -0.2) is 4.98 Å². The summed E-state index contributed by atoms with van der Waals surface area (Å²) in [4.78, 5) is 6.20. The van der Waals surface area contributed by atoms with Gasteiger partial charge in [-0.2, -0.15) is 0 Å². The summed E-state index contributed by atoms with van der Waals surface area (Å²) in [5.41, 5.74) is 7.43. The Morgan fingerprint density at radius 2 is 2.50 bits per heavy atom. The third kappa shape index (κ3) is 2.35. The van der Waals surface area contributed by atoms with Crippen LogP contribution in [-0.4, -0.2) is 4.98 Å². The molecule has 96 valence electrons. The SMILES string of the molecule is CC1CCc2nc(CC(N)c3ccco3)sc2C1. The smallest absolute Gasteiger partial charge is 0.120 e. The molecule has 3 nitrogen and oxygen atoms in total. The molecule has 0 saturated heterocycles. The minimum atomic E-state index is -0.0787. The highest BCUT2D eigenvalue weighted by Gasteiger charge is 2.21. The fourth-order valence-corrected chi connectivity index (χ4v) is 3.81. The average molecular weight is 262 g/mol. The monoisotopic (exact) mass is 262 g/mol. The Labute approximate surface area is 111 Å². The molecule has 0 fully saturated rings. The molecule has 18 heavy (non-hydrogen) atoms. The van der Waals surface area contributed by atoms with Crippen LogP contribution in [-0.2, 0) is 19.3 Å². The minimum absolute atomic E-state index is 0.0787. The molecule has 2 aromatic heterocycles. The summed E-state index contributed by atoms with van der Waals surface area (Å²) < 4.78 is 5.34.